The van der Waals surface area contributed by atoms with Gasteiger partial charge in [-0.2, -0.15) is 0 Å². The van der Waals surface area contributed by atoms with Crippen molar-refractivity contribution in [3.63, 3.8) is 0 Å². The Morgan fingerprint density at radius 1 is 1.00 bits per heavy atom. The molecule has 1 aliphatic heterocycles. The topological polar surface area (TPSA) is 52.6 Å². The van der Waals surface area contributed by atoms with Crippen LogP contribution in [0, 0.1) is 11.8 Å². The largest absolute Gasteiger partial charge is 0.396 e. The second kappa shape index (κ2) is 9.23. The van der Waals surface area contributed by atoms with Gasteiger partial charge in [-0.05, 0) is 55.2 Å². The maximum absolute atomic E-state index is 12.1. The van der Waals surface area contributed by atoms with Crippen LogP contribution in [0.5, 0.6) is 0 Å². The summed E-state index contributed by atoms with van der Waals surface area (Å²) in [6.45, 7) is 2.97. The molecule has 2 fully saturated rings. The van der Waals surface area contributed by atoms with E-state index in [-0.39, 0.29) is 5.91 Å². The first-order chi connectivity index (χ1) is 12.2. The number of nitrogens with zero attached hydrogens (tertiary/aromatic N) is 1. The van der Waals surface area contributed by atoms with E-state index in [2.05, 4.69) is 34.5 Å². The Hall–Kier alpha value is -1.55. The number of anilines is 1. The Labute approximate surface area is 151 Å². The average molecular weight is 344 g/mol. The highest BCUT2D eigenvalue weighted by Gasteiger charge is 2.19. The van der Waals surface area contributed by atoms with Crippen LogP contribution in [-0.4, -0.2) is 30.7 Å². The predicted octanol–water partition coefficient (Wildman–Crippen LogP) is 3.48. The van der Waals surface area contributed by atoms with Gasteiger partial charge in [0.1, 0.15) is 0 Å². The van der Waals surface area contributed by atoms with E-state index in [4.69, 9.17) is 0 Å². The Bertz CT molecular complexity index is 529. The first kappa shape index (κ1) is 18.2. The monoisotopic (exact) mass is 344 g/mol. The highest BCUT2D eigenvalue weighted by molar-refractivity contribution is 5.76. The van der Waals surface area contributed by atoms with Crippen molar-refractivity contribution in [2.24, 2.45) is 11.8 Å². The van der Waals surface area contributed by atoms with Crippen LogP contribution in [0.2, 0.25) is 0 Å². The van der Waals surface area contributed by atoms with Crippen LogP contribution in [0.4, 0.5) is 5.69 Å². The van der Waals surface area contributed by atoms with E-state index in [0.29, 0.717) is 31.4 Å². The van der Waals surface area contributed by atoms with Crippen molar-refractivity contribution in [3.05, 3.63) is 29.8 Å². The minimum atomic E-state index is 0.196. The molecule has 4 heteroatoms. The number of hydrogen-bond donors (Lipinski definition) is 2. The van der Waals surface area contributed by atoms with Gasteiger partial charge in [0.2, 0.25) is 5.91 Å². The number of piperidine rings is 1. The zero-order chi connectivity index (χ0) is 17.5. The van der Waals surface area contributed by atoms with E-state index in [1.54, 1.807) is 0 Å². The van der Waals surface area contributed by atoms with Gasteiger partial charge in [-0.25, -0.2) is 0 Å². The van der Waals surface area contributed by atoms with Gasteiger partial charge in [-0.1, -0.05) is 31.4 Å². The van der Waals surface area contributed by atoms with Crippen LogP contribution in [0.25, 0.3) is 0 Å². The molecule has 0 bridgehead atoms. The molecule has 0 spiro atoms. The minimum absolute atomic E-state index is 0.196. The smallest absolute Gasteiger partial charge is 0.220 e. The van der Waals surface area contributed by atoms with Crippen molar-refractivity contribution in [2.45, 2.75) is 57.9 Å². The van der Waals surface area contributed by atoms with Crippen LogP contribution in [-0.2, 0) is 11.3 Å². The highest BCUT2D eigenvalue weighted by Crippen LogP contribution is 2.26. The number of aliphatic hydroxyl groups excluding tert-OH is 1. The summed E-state index contributed by atoms with van der Waals surface area (Å²) in [7, 11) is 0. The van der Waals surface area contributed by atoms with Gasteiger partial charge in [0.15, 0.2) is 0 Å². The summed E-state index contributed by atoms with van der Waals surface area (Å²) in [5, 5.41) is 12.3. The summed E-state index contributed by atoms with van der Waals surface area (Å²) in [6, 6.07) is 8.55. The molecule has 0 radical (unpaired) electrons. The molecule has 1 heterocycles. The quantitative estimate of drug-likeness (QED) is 0.831. The second-order valence-corrected chi connectivity index (χ2v) is 7.76. The molecule has 0 unspecified atom stereocenters. The molecule has 1 aliphatic carbocycles. The maximum atomic E-state index is 12.1. The number of carbonyl (C=O) groups is 1. The van der Waals surface area contributed by atoms with Crippen LogP contribution in [0.3, 0.4) is 0 Å². The van der Waals surface area contributed by atoms with E-state index < -0.39 is 0 Å². The summed E-state index contributed by atoms with van der Waals surface area (Å²) in [5.41, 5.74) is 2.40. The van der Waals surface area contributed by atoms with E-state index in [0.717, 1.165) is 31.5 Å². The molecule has 138 valence electrons. The molecule has 2 aliphatic rings. The van der Waals surface area contributed by atoms with Crippen LogP contribution in [0.15, 0.2) is 24.3 Å². The molecule has 0 aromatic heterocycles. The first-order valence-corrected chi connectivity index (χ1v) is 9.96. The number of aliphatic hydroxyl groups is 1. The lowest BCUT2D eigenvalue weighted by Crippen LogP contribution is -2.34. The van der Waals surface area contributed by atoms with Crippen molar-refractivity contribution in [2.75, 3.05) is 24.6 Å². The molecule has 3 rings (SSSR count). The lowest BCUT2D eigenvalue weighted by atomic mass is 9.87. The fraction of sp³-hybridized carbons (Fsp3) is 0.667. The van der Waals surface area contributed by atoms with Crippen molar-refractivity contribution >= 4 is 11.6 Å². The molecule has 2 N–H and O–H groups in total. The van der Waals surface area contributed by atoms with E-state index in [9.17, 15) is 9.90 Å². The predicted molar refractivity (Wildman–Crippen MR) is 102 cm³/mol. The van der Waals surface area contributed by atoms with Gasteiger partial charge >= 0.3 is 0 Å². The molecule has 1 aromatic carbocycles. The summed E-state index contributed by atoms with van der Waals surface area (Å²) >= 11 is 0. The van der Waals surface area contributed by atoms with Crippen molar-refractivity contribution in [3.8, 4) is 0 Å². The summed E-state index contributed by atoms with van der Waals surface area (Å²) < 4.78 is 0. The standard InChI is InChI=1S/C21H32N2O2/c24-16-19-10-12-23(13-11-19)20-8-6-18(7-9-20)15-22-21(25)14-17-4-2-1-3-5-17/h6-9,17,19,24H,1-5,10-16H2,(H,22,25). The third-order valence-electron chi connectivity index (χ3n) is 5.86. The molecule has 1 amide bonds. The maximum Gasteiger partial charge on any atom is 0.220 e. The highest BCUT2D eigenvalue weighted by atomic mass is 16.3. The molecule has 1 saturated heterocycles. The Kier molecular flexibility index (Phi) is 6.74. The van der Waals surface area contributed by atoms with Crippen molar-refractivity contribution in [1.29, 1.82) is 0 Å². The number of carbonyl (C=O) groups excluding carboxylic acids is 1. The minimum Gasteiger partial charge on any atom is -0.396 e. The van der Waals surface area contributed by atoms with E-state index in [1.807, 2.05) is 0 Å². The molecular weight excluding hydrogens is 312 g/mol. The molecule has 1 aromatic rings. The van der Waals surface area contributed by atoms with E-state index in [1.165, 1.54) is 37.8 Å². The van der Waals surface area contributed by atoms with Crippen LogP contribution >= 0.6 is 0 Å². The third kappa shape index (κ3) is 5.46. The third-order valence-corrected chi connectivity index (χ3v) is 5.86. The normalized spacial score (nSPS) is 19.8. The second-order valence-electron chi connectivity index (χ2n) is 7.76. The van der Waals surface area contributed by atoms with Gasteiger partial charge in [0.05, 0.1) is 0 Å². The summed E-state index contributed by atoms with van der Waals surface area (Å²) in [4.78, 5) is 14.5. The lowest BCUT2D eigenvalue weighted by molar-refractivity contribution is -0.122. The number of nitrogens with one attached hydrogen (secondary N) is 1. The zero-order valence-electron chi connectivity index (χ0n) is 15.3. The SMILES string of the molecule is O=C(CC1CCCCC1)NCc1ccc(N2CCC(CO)CC2)cc1. The Morgan fingerprint density at radius 2 is 1.68 bits per heavy atom. The summed E-state index contributed by atoms with van der Waals surface area (Å²) in [5.74, 6) is 1.26. The Balaban J connectivity index is 1.42. The van der Waals surface area contributed by atoms with Crippen LogP contribution in [0.1, 0.15) is 56.9 Å². The number of amides is 1. The fourth-order valence-corrected chi connectivity index (χ4v) is 4.12. The molecule has 0 atom stereocenters. The average Bonchev–Trinajstić information content (AvgIpc) is 2.68. The zero-order valence-corrected chi connectivity index (χ0v) is 15.3. The molecule has 4 nitrogen and oxygen atoms in total. The first-order valence-electron chi connectivity index (χ1n) is 9.96. The van der Waals surface area contributed by atoms with Gasteiger partial charge in [-0.15, -0.1) is 0 Å². The van der Waals surface area contributed by atoms with Crippen molar-refractivity contribution < 1.29 is 9.90 Å². The molecule has 25 heavy (non-hydrogen) atoms. The molecule has 1 saturated carbocycles. The molecular formula is C21H32N2O2. The van der Waals surface area contributed by atoms with Crippen LogP contribution < -0.4 is 10.2 Å². The lowest BCUT2D eigenvalue weighted by Gasteiger charge is -2.33. The number of benzene rings is 1. The van der Waals surface area contributed by atoms with Gasteiger partial charge in [0, 0.05) is 38.3 Å². The van der Waals surface area contributed by atoms with Gasteiger partial charge in [-0.3, -0.25) is 4.79 Å². The van der Waals surface area contributed by atoms with Crippen molar-refractivity contribution in [1.82, 2.24) is 5.32 Å². The number of rotatable bonds is 6. The summed E-state index contributed by atoms with van der Waals surface area (Å²) in [6.07, 6.45) is 9.17. The van der Waals surface area contributed by atoms with Gasteiger partial charge < -0.3 is 15.3 Å². The Morgan fingerprint density at radius 3 is 2.32 bits per heavy atom. The number of hydrogen-bond acceptors (Lipinski definition) is 3. The fourth-order valence-electron chi connectivity index (χ4n) is 4.12. The van der Waals surface area contributed by atoms with Gasteiger partial charge in [0.25, 0.3) is 0 Å². The van der Waals surface area contributed by atoms with E-state index >= 15 is 0 Å².